The average Bonchev–Trinajstić information content (AvgIpc) is 3.36. The van der Waals surface area contributed by atoms with Crippen molar-refractivity contribution in [3.63, 3.8) is 0 Å². The van der Waals surface area contributed by atoms with Gasteiger partial charge in [-0.25, -0.2) is 0 Å². The van der Waals surface area contributed by atoms with Gasteiger partial charge in [-0.3, -0.25) is 9.36 Å². The number of nitrogens with zero attached hydrogens (tertiary/aromatic N) is 3. The molecule has 1 unspecified atom stereocenters. The van der Waals surface area contributed by atoms with Crippen molar-refractivity contribution in [3.05, 3.63) is 66.4 Å². The van der Waals surface area contributed by atoms with Gasteiger partial charge in [0.2, 0.25) is 11.7 Å². The average molecular weight is 397 g/mol. The van der Waals surface area contributed by atoms with Crippen LogP contribution in [0.2, 0.25) is 0 Å². The summed E-state index contributed by atoms with van der Waals surface area (Å²) in [7, 11) is 0. The Labute approximate surface area is 169 Å². The number of carbonyl (C=O) groups excluding carboxylic acids is 1. The molecule has 28 heavy (non-hydrogen) atoms. The Morgan fingerprint density at radius 3 is 2.75 bits per heavy atom. The number of hydrogen-bond donors (Lipinski definition) is 1. The highest BCUT2D eigenvalue weighted by molar-refractivity contribution is 7.99. The number of aryl methyl sites for hydroxylation is 1. The molecular weight excluding hydrogens is 372 g/mol. The maximum absolute atomic E-state index is 12.4. The van der Waals surface area contributed by atoms with Gasteiger partial charge in [-0.2, -0.15) is 0 Å². The van der Waals surface area contributed by atoms with E-state index in [2.05, 4.69) is 53.3 Å². The summed E-state index contributed by atoms with van der Waals surface area (Å²) >= 11 is 1.34. The topological polar surface area (TPSA) is 73.0 Å². The molecule has 0 spiro atoms. The molecule has 146 valence electrons. The van der Waals surface area contributed by atoms with Crippen LogP contribution < -0.4 is 5.32 Å². The first kappa shape index (κ1) is 19.9. The van der Waals surface area contributed by atoms with Gasteiger partial charge in [0.15, 0.2) is 10.9 Å². The lowest BCUT2D eigenvalue weighted by Gasteiger charge is -2.14. The number of aromatic nitrogens is 3. The molecule has 3 rings (SSSR count). The minimum atomic E-state index is -0.0521. The second kappa shape index (κ2) is 9.41. The fourth-order valence-corrected chi connectivity index (χ4v) is 3.57. The van der Waals surface area contributed by atoms with Crippen LogP contribution in [0.3, 0.4) is 0 Å². The zero-order valence-electron chi connectivity index (χ0n) is 16.1. The maximum atomic E-state index is 12.4. The summed E-state index contributed by atoms with van der Waals surface area (Å²) in [5, 5.41) is 12.1. The number of allylic oxidation sites excluding steroid dienone is 1. The third-order valence-electron chi connectivity index (χ3n) is 4.37. The first-order valence-electron chi connectivity index (χ1n) is 9.21. The fourth-order valence-electron chi connectivity index (χ4n) is 2.82. The van der Waals surface area contributed by atoms with Gasteiger partial charge in [-0.1, -0.05) is 49.0 Å². The molecule has 1 N–H and O–H groups in total. The van der Waals surface area contributed by atoms with Gasteiger partial charge in [0.25, 0.3) is 0 Å². The molecule has 0 aliphatic carbocycles. The number of hydrogen-bond acceptors (Lipinski definition) is 5. The van der Waals surface area contributed by atoms with Crippen molar-refractivity contribution in [2.24, 2.45) is 0 Å². The lowest BCUT2D eigenvalue weighted by Crippen LogP contribution is -2.28. The summed E-state index contributed by atoms with van der Waals surface area (Å²) in [4.78, 5) is 12.4. The summed E-state index contributed by atoms with van der Waals surface area (Å²) < 4.78 is 7.30. The number of thioether (sulfide) groups is 1. The number of furan rings is 1. The largest absolute Gasteiger partial charge is 0.461 e. The molecule has 0 radical (unpaired) electrons. The van der Waals surface area contributed by atoms with Crippen LogP contribution in [-0.4, -0.2) is 26.4 Å². The molecule has 1 amide bonds. The van der Waals surface area contributed by atoms with E-state index in [1.807, 2.05) is 17.6 Å². The van der Waals surface area contributed by atoms with Gasteiger partial charge in [-0.15, -0.1) is 16.8 Å². The molecule has 0 fully saturated rings. The molecular formula is C21H24N4O2S. The molecule has 7 heteroatoms. The molecule has 2 aromatic heterocycles. The van der Waals surface area contributed by atoms with Crippen molar-refractivity contribution in [1.82, 2.24) is 20.1 Å². The Morgan fingerprint density at radius 1 is 1.32 bits per heavy atom. The predicted molar refractivity (Wildman–Crippen MR) is 111 cm³/mol. The first-order valence-corrected chi connectivity index (χ1v) is 10.2. The minimum Gasteiger partial charge on any atom is -0.461 e. The Balaban J connectivity index is 1.61. The highest BCUT2D eigenvalue weighted by Crippen LogP contribution is 2.24. The Bertz CT molecular complexity index is 917. The number of rotatable bonds is 9. The monoisotopic (exact) mass is 396 g/mol. The number of nitrogens with one attached hydrogen (secondary N) is 1. The molecule has 1 atom stereocenters. The number of carbonyl (C=O) groups is 1. The standard InChI is InChI=1S/C21H24N4O2S/c1-4-12-25-20(18-7-6-13-27-18)23-24-21(25)28-14-19(26)22-15(3)17-10-8-16(5-2)9-11-17/h4,6-11,13,15H,1,5,12,14H2,2-3H3,(H,22,26). The highest BCUT2D eigenvalue weighted by atomic mass is 32.2. The summed E-state index contributed by atoms with van der Waals surface area (Å²) in [5.41, 5.74) is 2.37. The first-order chi connectivity index (χ1) is 13.6. The van der Waals surface area contributed by atoms with Crippen LogP contribution in [0, 0.1) is 0 Å². The molecule has 0 aliphatic heterocycles. The van der Waals surface area contributed by atoms with Gasteiger partial charge in [0.05, 0.1) is 18.1 Å². The van der Waals surface area contributed by atoms with Gasteiger partial charge in [0, 0.05) is 6.54 Å². The second-order valence-corrected chi connectivity index (χ2v) is 7.30. The Kier molecular flexibility index (Phi) is 6.71. The normalized spacial score (nSPS) is 11.9. The summed E-state index contributed by atoms with van der Waals surface area (Å²) in [6.07, 6.45) is 4.36. The van der Waals surface area contributed by atoms with Crippen molar-refractivity contribution in [2.75, 3.05) is 5.75 Å². The number of benzene rings is 1. The van der Waals surface area contributed by atoms with E-state index in [0.29, 0.717) is 23.3 Å². The molecule has 6 nitrogen and oxygen atoms in total. The quantitative estimate of drug-likeness (QED) is 0.432. The fraction of sp³-hybridized carbons (Fsp3) is 0.286. The summed E-state index contributed by atoms with van der Waals surface area (Å²) in [5.74, 6) is 1.46. The summed E-state index contributed by atoms with van der Waals surface area (Å²) in [6, 6.07) is 11.9. The van der Waals surface area contributed by atoms with Crippen LogP contribution >= 0.6 is 11.8 Å². The summed E-state index contributed by atoms with van der Waals surface area (Å²) in [6.45, 7) is 8.43. The van der Waals surface area contributed by atoms with Crippen molar-refractivity contribution in [1.29, 1.82) is 0 Å². The molecule has 0 saturated heterocycles. The van der Waals surface area contributed by atoms with E-state index >= 15 is 0 Å². The van der Waals surface area contributed by atoms with Gasteiger partial charge in [0.1, 0.15) is 0 Å². The lowest BCUT2D eigenvalue weighted by atomic mass is 10.1. The van der Waals surface area contributed by atoms with Crippen LogP contribution in [0.25, 0.3) is 11.6 Å². The highest BCUT2D eigenvalue weighted by Gasteiger charge is 2.17. The van der Waals surface area contributed by atoms with E-state index < -0.39 is 0 Å². The molecule has 2 heterocycles. The van der Waals surface area contributed by atoms with Crippen LogP contribution in [-0.2, 0) is 17.8 Å². The predicted octanol–water partition coefficient (Wildman–Crippen LogP) is 4.26. The zero-order valence-corrected chi connectivity index (χ0v) is 16.9. The smallest absolute Gasteiger partial charge is 0.230 e. The molecule has 0 bridgehead atoms. The SMILES string of the molecule is C=CCn1c(SCC(=O)NC(C)c2ccc(CC)cc2)nnc1-c1ccco1. The van der Waals surface area contributed by atoms with E-state index in [1.165, 1.54) is 17.3 Å². The van der Waals surface area contributed by atoms with E-state index in [1.54, 1.807) is 18.4 Å². The maximum Gasteiger partial charge on any atom is 0.230 e. The van der Waals surface area contributed by atoms with Crippen molar-refractivity contribution in [2.45, 2.75) is 38.0 Å². The van der Waals surface area contributed by atoms with Crippen molar-refractivity contribution < 1.29 is 9.21 Å². The van der Waals surface area contributed by atoms with E-state index in [0.717, 1.165) is 12.0 Å². The lowest BCUT2D eigenvalue weighted by molar-refractivity contribution is -0.119. The zero-order chi connectivity index (χ0) is 19.9. The van der Waals surface area contributed by atoms with Crippen LogP contribution in [0.5, 0.6) is 0 Å². The Hall–Kier alpha value is -2.80. The number of amides is 1. The third kappa shape index (κ3) is 4.72. The van der Waals surface area contributed by atoms with Gasteiger partial charge >= 0.3 is 0 Å². The molecule has 0 aliphatic rings. The van der Waals surface area contributed by atoms with Crippen LogP contribution in [0.4, 0.5) is 0 Å². The van der Waals surface area contributed by atoms with E-state index in [4.69, 9.17) is 4.42 Å². The third-order valence-corrected chi connectivity index (χ3v) is 5.33. The van der Waals surface area contributed by atoms with Gasteiger partial charge < -0.3 is 9.73 Å². The minimum absolute atomic E-state index is 0.0511. The van der Waals surface area contributed by atoms with E-state index in [9.17, 15) is 4.79 Å². The van der Waals surface area contributed by atoms with E-state index in [-0.39, 0.29) is 17.7 Å². The van der Waals surface area contributed by atoms with Gasteiger partial charge in [-0.05, 0) is 36.6 Å². The van der Waals surface area contributed by atoms with Crippen molar-refractivity contribution in [3.8, 4) is 11.6 Å². The molecule has 3 aromatic rings. The van der Waals surface area contributed by atoms with Crippen molar-refractivity contribution >= 4 is 17.7 Å². The molecule has 1 aromatic carbocycles. The second-order valence-electron chi connectivity index (χ2n) is 6.36. The van der Waals surface area contributed by atoms with Crippen LogP contribution in [0.1, 0.15) is 31.0 Å². The van der Waals surface area contributed by atoms with Crippen LogP contribution in [0.15, 0.2) is 64.9 Å². The Morgan fingerprint density at radius 2 is 2.11 bits per heavy atom. The molecule has 0 saturated carbocycles.